The Morgan fingerprint density at radius 2 is 1.81 bits per heavy atom. The van der Waals surface area contributed by atoms with Crippen molar-refractivity contribution >= 4 is 29.1 Å². The van der Waals surface area contributed by atoms with Crippen LogP contribution in [-0.2, 0) is 16.1 Å². The van der Waals surface area contributed by atoms with E-state index in [1.165, 1.54) is 0 Å². The topological polar surface area (TPSA) is 74.3 Å². The second-order valence-electron chi connectivity index (χ2n) is 6.68. The molecule has 7 heteroatoms. The molecule has 1 saturated heterocycles. The quantitative estimate of drug-likeness (QED) is 0.775. The van der Waals surface area contributed by atoms with E-state index in [0.717, 1.165) is 38.2 Å². The van der Waals surface area contributed by atoms with Gasteiger partial charge in [0.15, 0.2) is 0 Å². The molecule has 1 aromatic carbocycles. The number of rotatable bonds is 5. The van der Waals surface area contributed by atoms with Crippen LogP contribution in [0.5, 0.6) is 0 Å². The van der Waals surface area contributed by atoms with Crippen LogP contribution in [0.15, 0.2) is 48.7 Å². The summed E-state index contributed by atoms with van der Waals surface area (Å²) in [5.41, 5.74) is 1.50. The standard InChI is InChI=1S/C20H23ClN4O2/c21-17-6-1-2-7-18(17)24-20(27)19(26)23-13-15-8-11-25(12-9-15)14-16-5-3-4-10-22-16/h1-7,10,15H,8-9,11-14H2,(H,23,26)(H,24,27). The lowest BCUT2D eigenvalue weighted by Gasteiger charge is -2.31. The Morgan fingerprint density at radius 1 is 1.07 bits per heavy atom. The van der Waals surface area contributed by atoms with Crippen LogP contribution >= 0.6 is 11.6 Å². The molecule has 27 heavy (non-hydrogen) atoms. The molecule has 3 rings (SSSR count). The number of nitrogens with one attached hydrogen (secondary N) is 2. The van der Waals surface area contributed by atoms with Gasteiger partial charge in [-0.3, -0.25) is 19.5 Å². The number of pyridine rings is 1. The number of hydrogen-bond acceptors (Lipinski definition) is 4. The highest BCUT2D eigenvalue weighted by Crippen LogP contribution is 2.20. The SMILES string of the molecule is O=C(NCC1CCN(Cc2ccccn2)CC1)C(=O)Nc1ccccc1Cl. The summed E-state index contributed by atoms with van der Waals surface area (Å²) >= 11 is 5.99. The minimum Gasteiger partial charge on any atom is -0.348 e. The second-order valence-corrected chi connectivity index (χ2v) is 7.09. The number of amides is 2. The molecule has 0 bridgehead atoms. The number of hydrogen-bond donors (Lipinski definition) is 2. The highest BCUT2D eigenvalue weighted by Gasteiger charge is 2.21. The Labute approximate surface area is 163 Å². The molecule has 142 valence electrons. The molecule has 2 heterocycles. The lowest BCUT2D eigenvalue weighted by Crippen LogP contribution is -2.41. The summed E-state index contributed by atoms with van der Waals surface area (Å²) in [6, 6.07) is 12.8. The van der Waals surface area contributed by atoms with Crippen LogP contribution in [0.1, 0.15) is 18.5 Å². The number of likely N-dealkylation sites (tertiary alicyclic amines) is 1. The minimum absolute atomic E-state index is 0.377. The van der Waals surface area contributed by atoms with Crippen LogP contribution in [0.4, 0.5) is 5.69 Å². The van der Waals surface area contributed by atoms with E-state index in [0.29, 0.717) is 23.2 Å². The summed E-state index contributed by atoms with van der Waals surface area (Å²) in [4.78, 5) is 30.7. The van der Waals surface area contributed by atoms with Crippen molar-refractivity contribution in [3.8, 4) is 0 Å². The molecule has 0 unspecified atom stereocenters. The van der Waals surface area contributed by atoms with Crippen LogP contribution in [-0.4, -0.2) is 41.3 Å². The first-order valence-corrected chi connectivity index (χ1v) is 9.45. The number of carbonyl (C=O) groups is 2. The van der Waals surface area contributed by atoms with Gasteiger partial charge in [-0.05, 0) is 56.1 Å². The van der Waals surface area contributed by atoms with Gasteiger partial charge in [0.2, 0.25) is 0 Å². The van der Waals surface area contributed by atoms with Gasteiger partial charge in [-0.15, -0.1) is 0 Å². The van der Waals surface area contributed by atoms with Crippen LogP contribution < -0.4 is 10.6 Å². The van der Waals surface area contributed by atoms with Crippen molar-refractivity contribution in [3.63, 3.8) is 0 Å². The van der Waals surface area contributed by atoms with E-state index < -0.39 is 11.8 Å². The Kier molecular flexibility index (Phi) is 6.79. The lowest BCUT2D eigenvalue weighted by molar-refractivity contribution is -0.136. The molecule has 0 atom stereocenters. The number of anilines is 1. The Balaban J connectivity index is 1.38. The Morgan fingerprint density at radius 3 is 2.52 bits per heavy atom. The number of aromatic nitrogens is 1. The predicted octanol–water partition coefficient (Wildman–Crippen LogP) is 2.70. The lowest BCUT2D eigenvalue weighted by atomic mass is 9.96. The summed E-state index contributed by atoms with van der Waals surface area (Å²) in [5, 5.41) is 5.67. The van der Waals surface area contributed by atoms with Gasteiger partial charge in [-0.2, -0.15) is 0 Å². The van der Waals surface area contributed by atoms with Crippen molar-refractivity contribution in [1.29, 1.82) is 0 Å². The molecule has 0 saturated carbocycles. The molecule has 0 spiro atoms. The van der Waals surface area contributed by atoms with Crippen molar-refractivity contribution in [1.82, 2.24) is 15.2 Å². The van der Waals surface area contributed by atoms with Gasteiger partial charge < -0.3 is 10.6 Å². The van der Waals surface area contributed by atoms with Crippen molar-refractivity contribution in [2.75, 3.05) is 25.0 Å². The average molecular weight is 387 g/mol. The van der Waals surface area contributed by atoms with E-state index in [2.05, 4.69) is 20.5 Å². The van der Waals surface area contributed by atoms with Gasteiger partial charge in [0.1, 0.15) is 0 Å². The summed E-state index contributed by atoms with van der Waals surface area (Å²) in [7, 11) is 0. The van der Waals surface area contributed by atoms with E-state index in [4.69, 9.17) is 11.6 Å². The van der Waals surface area contributed by atoms with Gasteiger partial charge in [-0.25, -0.2) is 0 Å². The fraction of sp³-hybridized carbons (Fsp3) is 0.350. The first-order chi connectivity index (χ1) is 13.1. The molecule has 6 nitrogen and oxygen atoms in total. The Hall–Kier alpha value is -2.44. The molecule has 2 N–H and O–H groups in total. The van der Waals surface area contributed by atoms with Crippen LogP contribution in [0.3, 0.4) is 0 Å². The first-order valence-electron chi connectivity index (χ1n) is 9.08. The molecular weight excluding hydrogens is 364 g/mol. The average Bonchev–Trinajstić information content (AvgIpc) is 2.69. The molecule has 1 aliphatic heterocycles. The molecule has 2 amide bonds. The summed E-state index contributed by atoms with van der Waals surface area (Å²) < 4.78 is 0. The maximum absolute atomic E-state index is 12.0. The zero-order chi connectivity index (χ0) is 19.1. The zero-order valence-corrected chi connectivity index (χ0v) is 15.8. The molecule has 2 aromatic rings. The van der Waals surface area contributed by atoms with Crippen molar-refractivity contribution in [2.24, 2.45) is 5.92 Å². The Bertz CT molecular complexity index is 777. The van der Waals surface area contributed by atoms with Crippen LogP contribution in [0, 0.1) is 5.92 Å². The number of benzene rings is 1. The van der Waals surface area contributed by atoms with Gasteiger partial charge in [-0.1, -0.05) is 29.8 Å². The molecule has 1 aliphatic rings. The highest BCUT2D eigenvalue weighted by atomic mass is 35.5. The summed E-state index contributed by atoms with van der Waals surface area (Å²) in [6.07, 6.45) is 3.78. The third kappa shape index (κ3) is 5.77. The largest absolute Gasteiger partial charge is 0.348 e. The second kappa shape index (κ2) is 9.48. The third-order valence-electron chi connectivity index (χ3n) is 4.70. The van der Waals surface area contributed by atoms with Crippen LogP contribution in [0.25, 0.3) is 0 Å². The van der Waals surface area contributed by atoms with Gasteiger partial charge in [0.25, 0.3) is 0 Å². The monoisotopic (exact) mass is 386 g/mol. The number of nitrogens with zero attached hydrogens (tertiary/aromatic N) is 2. The normalized spacial score (nSPS) is 15.3. The van der Waals surface area contributed by atoms with Crippen molar-refractivity contribution in [2.45, 2.75) is 19.4 Å². The smallest absolute Gasteiger partial charge is 0.313 e. The molecule has 1 fully saturated rings. The van der Waals surface area contributed by atoms with Gasteiger partial charge in [0, 0.05) is 19.3 Å². The van der Waals surface area contributed by atoms with Gasteiger partial charge >= 0.3 is 11.8 Å². The number of carbonyl (C=O) groups excluding carboxylic acids is 2. The highest BCUT2D eigenvalue weighted by molar-refractivity contribution is 6.41. The molecular formula is C20H23ClN4O2. The van der Waals surface area contributed by atoms with E-state index in [1.807, 2.05) is 24.4 Å². The van der Waals surface area contributed by atoms with Gasteiger partial charge in [0.05, 0.1) is 16.4 Å². The fourth-order valence-electron chi connectivity index (χ4n) is 3.13. The van der Waals surface area contributed by atoms with Crippen LogP contribution in [0.2, 0.25) is 5.02 Å². The first kappa shape index (κ1) is 19.3. The summed E-state index contributed by atoms with van der Waals surface area (Å²) in [5.74, 6) is -0.955. The maximum atomic E-state index is 12.0. The molecule has 0 radical (unpaired) electrons. The van der Waals surface area contributed by atoms with Crippen molar-refractivity contribution < 1.29 is 9.59 Å². The molecule has 1 aromatic heterocycles. The summed E-state index contributed by atoms with van der Waals surface area (Å²) in [6.45, 7) is 3.28. The van der Waals surface area contributed by atoms with E-state index in [-0.39, 0.29) is 0 Å². The number of halogens is 1. The predicted molar refractivity (Wildman–Crippen MR) is 105 cm³/mol. The van der Waals surface area contributed by atoms with E-state index >= 15 is 0 Å². The van der Waals surface area contributed by atoms with Crippen molar-refractivity contribution in [3.05, 3.63) is 59.4 Å². The third-order valence-corrected chi connectivity index (χ3v) is 5.03. The minimum atomic E-state index is -0.698. The fourth-order valence-corrected chi connectivity index (χ4v) is 3.31. The van der Waals surface area contributed by atoms with E-state index in [9.17, 15) is 9.59 Å². The number of para-hydroxylation sites is 1. The van der Waals surface area contributed by atoms with E-state index in [1.54, 1.807) is 24.3 Å². The zero-order valence-electron chi connectivity index (χ0n) is 15.0. The number of piperidine rings is 1. The maximum Gasteiger partial charge on any atom is 0.313 e. The molecule has 0 aliphatic carbocycles.